The summed E-state index contributed by atoms with van der Waals surface area (Å²) in [5, 5.41) is 0.587. The minimum atomic E-state index is -3.96. The number of pyridine rings is 1. The SMILES string of the molecule is COC(=O)c1cn(S(=O)(=O)c2cccnc2)c2c1CCCc1cc(Cl)ccc1-2. The van der Waals surface area contributed by atoms with Crippen LogP contribution in [-0.4, -0.2) is 30.5 Å². The van der Waals surface area contributed by atoms with E-state index in [1.54, 1.807) is 18.2 Å². The number of fused-ring (bicyclic) bond motifs is 3. The second kappa shape index (κ2) is 7.07. The van der Waals surface area contributed by atoms with Crippen molar-refractivity contribution in [3.05, 3.63) is 70.6 Å². The standard InChI is InChI=1S/C20H17ClN2O4S/c1-27-20(24)18-12-23(28(25,26)15-5-3-9-22-11-15)19-16-8-7-14(21)10-13(16)4-2-6-17(18)19/h3,5,7-12H,2,4,6H2,1H3. The van der Waals surface area contributed by atoms with Crippen molar-refractivity contribution in [2.24, 2.45) is 0 Å². The van der Waals surface area contributed by atoms with Crippen LogP contribution >= 0.6 is 11.6 Å². The van der Waals surface area contributed by atoms with Crippen molar-refractivity contribution in [3.63, 3.8) is 0 Å². The summed E-state index contributed by atoms with van der Waals surface area (Å²) >= 11 is 6.15. The highest BCUT2D eigenvalue weighted by molar-refractivity contribution is 7.90. The maximum atomic E-state index is 13.4. The molecule has 0 radical (unpaired) electrons. The van der Waals surface area contributed by atoms with Gasteiger partial charge in [0.05, 0.1) is 18.4 Å². The van der Waals surface area contributed by atoms with Crippen LogP contribution in [-0.2, 0) is 27.6 Å². The second-order valence-corrected chi connectivity index (χ2v) is 8.76. The van der Waals surface area contributed by atoms with Gasteiger partial charge in [-0.2, -0.15) is 0 Å². The van der Waals surface area contributed by atoms with E-state index >= 15 is 0 Å². The van der Waals surface area contributed by atoms with Crippen LogP contribution in [0.25, 0.3) is 11.3 Å². The van der Waals surface area contributed by atoms with Crippen LogP contribution in [0.15, 0.2) is 53.8 Å². The van der Waals surface area contributed by atoms with Crippen LogP contribution in [0.4, 0.5) is 0 Å². The minimum absolute atomic E-state index is 0.0453. The Balaban J connectivity index is 2.06. The van der Waals surface area contributed by atoms with Crippen molar-refractivity contribution in [2.75, 3.05) is 7.11 Å². The molecule has 2 heterocycles. The molecule has 0 spiro atoms. The summed E-state index contributed by atoms with van der Waals surface area (Å²) in [5.74, 6) is -0.561. The first-order valence-corrected chi connectivity index (χ1v) is 10.5. The third-order valence-electron chi connectivity index (χ3n) is 4.87. The van der Waals surface area contributed by atoms with Gasteiger partial charge in [0.1, 0.15) is 4.90 Å². The normalized spacial score (nSPS) is 13.4. The maximum absolute atomic E-state index is 13.4. The molecule has 1 aromatic carbocycles. The van der Waals surface area contributed by atoms with Crippen molar-refractivity contribution in [3.8, 4) is 11.3 Å². The Kier molecular flexibility index (Phi) is 4.72. The molecule has 28 heavy (non-hydrogen) atoms. The van der Waals surface area contributed by atoms with Gasteiger partial charge in [0.2, 0.25) is 0 Å². The van der Waals surface area contributed by atoms with Gasteiger partial charge in [-0.1, -0.05) is 17.7 Å². The molecule has 1 aliphatic carbocycles. The van der Waals surface area contributed by atoms with Crippen LogP contribution in [0.3, 0.4) is 0 Å². The third kappa shape index (κ3) is 3.00. The Morgan fingerprint density at radius 3 is 2.79 bits per heavy atom. The lowest BCUT2D eigenvalue weighted by Gasteiger charge is -2.13. The molecule has 0 saturated heterocycles. The molecule has 6 nitrogen and oxygen atoms in total. The number of hydrogen-bond donors (Lipinski definition) is 0. The molecule has 3 aromatic rings. The topological polar surface area (TPSA) is 78.3 Å². The Hall–Kier alpha value is -2.64. The minimum Gasteiger partial charge on any atom is -0.465 e. The summed E-state index contributed by atoms with van der Waals surface area (Å²) in [6.07, 6.45) is 6.20. The number of benzene rings is 1. The average Bonchev–Trinajstić information content (AvgIpc) is 2.99. The van der Waals surface area contributed by atoms with Gasteiger partial charge >= 0.3 is 5.97 Å². The van der Waals surface area contributed by atoms with E-state index in [-0.39, 0.29) is 10.5 Å². The van der Waals surface area contributed by atoms with Gasteiger partial charge in [-0.05, 0) is 54.7 Å². The molecule has 0 unspecified atom stereocenters. The quantitative estimate of drug-likeness (QED) is 0.608. The molecule has 0 atom stereocenters. The number of ether oxygens (including phenoxy) is 1. The first-order chi connectivity index (χ1) is 13.4. The summed E-state index contributed by atoms with van der Waals surface area (Å²) in [6, 6.07) is 8.41. The zero-order valence-corrected chi connectivity index (χ0v) is 16.6. The van der Waals surface area contributed by atoms with Crippen molar-refractivity contribution < 1.29 is 17.9 Å². The second-order valence-electron chi connectivity index (χ2n) is 6.51. The lowest BCUT2D eigenvalue weighted by atomic mass is 10.0. The molecule has 0 bridgehead atoms. The molecule has 4 rings (SSSR count). The summed E-state index contributed by atoms with van der Waals surface area (Å²) in [5.41, 5.74) is 3.10. The Morgan fingerprint density at radius 1 is 1.25 bits per heavy atom. The molecule has 144 valence electrons. The van der Waals surface area contributed by atoms with Gasteiger partial charge in [-0.25, -0.2) is 17.2 Å². The fraction of sp³-hybridized carbons (Fsp3) is 0.200. The van der Waals surface area contributed by atoms with Crippen molar-refractivity contribution in [2.45, 2.75) is 24.2 Å². The number of esters is 1. The van der Waals surface area contributed by atoms with Gasteiger partial charge < -0.3 is 4.74 Å². The zero-order valence-electron chi connectivity index (χ0n) is 15.1. The number of aryl methyl sites for hydroxylation is 1. The summed E-state index contributed by atoms with van der Waals surface area (Å²) in [4.78, 5) is 16.3. The molecule has 0 saturated carbocycles. The highest BCUT2D eigenvalue weighted by Gasteiger charge is 2.31. The monoisotopic (exact) mass is 416 g/mol. The summed E-state index contributed by atoms with van der Waals surface area (Å²) < 4.78 is 32.8. The molecule has 2 aromatic heterocycles. The fourth-order valence-electron chi connectivity index (χ4n) is 3.60. The third-order valence-corrected chi connectivity index (χ3v) is 6.75. The van der Waals surface area contributed by atoms with E-state index in [1.165, 1.54) is 35.7 Å². The molecular formula is C20H17ClN2O4S. The highest BCUT2D eigenvalue weighted by Crippen LogP contribution is 2.38. The number of methoxy groups -OCH3 is 1. The van der Waals surface area contributed by atoms with E-state index in [2.05, 4.69) is 4.98 Å². The Labute approximate surface area is 167 Å². The molecule has 0 fully saturated rings. The van der Waals surface area contributed by atoms with Gasteiger partial charge in [0.15, 0.2) is 0 Å². The van der Waals surface area contributed by atoms with Crippen LogP contribution in [0.1, 0.15) is 27.9 Å². The van der Waals surface area contributed by atoms with Crippen molar-refractivity contribution in [1.29, 1.82) is 0 Å². The van der Waals surface area contributed by atoms with Gasteiger partial charge in [-0.15, -0.1) is 0 Å². The fourth-order valence-corrected chi connectivity index (χ4v) is 5.16. The number of rotatable bonds is 3. The lowest BCUT2D eigenvalue weighted by Crippen LogP contribution is -2.14. The van der Waals surface area contributed by atoms with Crippen LogP contribution < -0.4 is 0 Å². The molecule has 0 amide bonds. The van der Waals surface area contributed by atoms with Gasteiger partial charge in [-0.3, -0.25) is 4.98 Å². The highest BCUT2D eigenvalue weighted by atomic mass is 35.5. The molecular weight excluding hydrogens is 400 g/mol. The van der Waals surface area contributed by atoms with E-state index in [1.807, 2.05) is 6.07 Å². The predicted octanol–water partition coefficient (Wildman–Crippen LogP) is 3.72. The first kappa shape index (κ1) is 18.7. The molecule has 1 aliphatic rings. The van der Waals surface area contributed by atoms with E-state index in [0.717, 1.165) is 24.0 Å². The number of carbonyl (C=O) groups is 1. The van der Waals surface area contributed by atoms with E-state index < -0.39 is 16.0 Å². The number of carbonyl (C=O) groups excluding carboxylic acids is 1. The van der Waals surface area contributed by atoms with Crippen molar-refractivity contribution >= 4 is 27.6 Å². The van der Waals surface area contributed by atoms with E-state index in [9.17, 15) is 13.2 Å². The molecule has 0 aliphatic heterocycles. The van der Waals surface area contributed by atoms with Crippen LogP contribution in [0.2, 0.25) is 5.02 Å². The maximum Gasteiger partial charge on any atom is 0.339 e. The predicted molar refractivity (Wildman–Crippen MR) is 105 cm³/mol. The van der Waals surface area contributed by atoms with Gasteiger partial charge in [0, 0.05) is 29.2 Å². The Morgan fingerprint density at radius 2 is 2.07 bits per heavy atom. The number of aromatic nitrogens is 2. The van der Waals surface area contributed by atoms with E-state index in [0.29, 0.717) is 22.7 Å². The largest absolute Gasteiger partial charge is 0.465 e. The van der Waals surface area contributed by atoms with Crippen LogP contribution in [0, 0.1) is 0 Å². The number of halogens is 1. The van der Waals surface area contributed by atoms with E-state index in [4.69, 9.17) is 16.3 Å². The van der Waals surface area contributed by atoms with Crippen molar-refractivity contribution in [1.82, 2.24) is 8.96 Å². The van der Waals surface area contributed by atoms with Gasteiger partial charge in [0.25, 0.3) is 10.0 Å². The number of hydrogen-bond acceptors (Lipinski definition) is 5. The van der Waals surface area contributed by atoms with Crippen LogP contribution in [0.5, 0.6) is 0 Å². The molecule has 0 N–H and O–H groups in total. The average molecular weight is 417 g/mol. The number of nitrogens with zero attached hydrogens (tertiary/aromatic N) is 2. The summed E-state index contributed by atoms with van der Waals surface area (Å²) in [6.45, 7) is 0. The lowest BCUT2D eigenvalue weighted by molar-refractivity contribution is 0.0599. The zero-order chi connectivity index (χ0) is 19.9. The first-order valence-electron chi connectivity index (χ1n) is 8.70. The molecule has 8 heteroatoms. The summed E-state index contributed by atoms with van der Waals surface area (Å²) in [7, 11) is -2.67. The Bertz CT molecular complexity index is 1170. The smallest absolute Gasteiger partial charge is 0.339 e.